The van der Waals surface area contributed by atoms with Crippen molar-refractivity contribution in [3.8, 4) is 6.07 Å². The molecule has 0 aromatic heterocycles. The number of nitrogens with two attached hydrogens (primary N) is 1. The third-order valence-corrected chi connectivity index (χ3v) is 5.30. The normalized spacial score (nSPS) is 11.6. The fraction of sp³-hybridized carbons (Fsp3) is 0.333. The van der Waals surface area contributed by atoms with Crippen LogP contribution in [0.1, 0.15) is 49.8 Å². The second kappa shape index (κ2) is 10.8. The number of nitrogens with zero attached hydrogens (tertiary/aromatic N) is 2. The summed E-state index contributed by atoms with van der Waals surface area (Å²) in [6, 6.07) is 13.6. The van der Waals surface area contributed by atoms with E-state index in [0.29, 0.717) is 22.0 Å². The zero-order valence-electron chi connectivity index (χ0n) is 17.8. The number of unbranched alkanes of at least 4 members (excludes halogenated alkanes) is 2. The maximum atomic E-state index is 9.20. The molecule has 0 unspecified atom stereocenters. The third-order valence-electron chi connectivity index (χ3n) is 4.98. The Morgan fingerprint density at radius 1 is 1.17 bits per heavy atom. The Balaban J connectivity index is 2.56. The van der Waals surface area contributed by atoms with Crippen molar-refractivity contribution >= 4 is 34.3 Å². The van der Waals surface area contributed by atoms with Crippen LogP contribution in [0.2, 0.25) is 5.02 Å². The molecule has 0 bridgehead atoms. The molecule has 0 saturated carbocycles. The SMILES string of the molecule is CC(=N)/C(=C(/C)N)c1ccc(C)c(N(CCCCCO)c2ccc(C#N)c(Cl)c2)c1. The van der Waals surface area contributed by atoms with Crippen LogP contribution in [-0.4, -0.2) is 24.0 Å². The van der Waals surface area contributed by atoms with Gasteiger partial charge in [-0.25, -0.2) is 0 Å². The van der Waals surface area contributed by atoms with Crippen molar-refractivity contribution in [2.24, 2.45) is 5.73 Å². The van der Waals surface area contributed by atoms with E-state index in [-0.39, 0.29) is 6.61 Å². The van der Waals surface area contributed by atoms with E-state index >= 15 is 0 Å². The summed E-state index contributed by atoms with van der Waals surface area (Å²) in [7, 11) is 0. The average Bonchev–Trinajstić information content (AvgIpc) is 2.69. The number of benzene rings is 2. The molecule has 30 heavy (non-hydrogen) atoms. The average molecular weight is 425 g/mol. The Bertz CT molecular complexity index is 987. The highest BCUT2D eigenvalue weighted by atomic mass is 35.5. The van der Waals surface area contributed by atoms with Gasteiger partial charge in [0.2, 0.25) is 0 Å². The fourth-order valence-corrected chi connectivity index (χ4v) is 3.72. The summed E-state index contributed by atoms with van der Waals surface area (Å²) in [5.74, 6) is 0. The van der Waals surface area contributed by atoms with E-state index in [1.54, 1.807) is 19.9 Å². The van der Waals surface area contributed by atoms with Gasteiger partial charge in [-0.1, -0.05) is 23.7 Å². The molecular formula is C24H29ClN4O. The van der Waals surface area contributed by atoms with Gasteiger partial charge < -0.3 is 21.1 Å². The first-order chi connectivity index (χ1) is 14.3. The number of nitrogens with one attached hydrogen (secondary N) is 1. The molecule has 2 rings (SSSR count). The largest absolute Gasteiger partial charge is 0.402 e. The van der Waals surface area contributed by atoms with Gasteiger partial charge in [-0.2, -0.15) is 5.26 Å². The van der Waals surface area contributed by atoms with Gasteiger partial charge in [0.15, 0.2) is 0 Å². The van der Waals surface area contributed by atoms with Crippen LogP contribution in [0.4, 0.5) is 11.4 Å². The Labute approximate surface area is 183 Å². The third kappa shape index (κ3) is 5.63. The van der Waals surface area contributed by atoms with Crippen LogP contribution in [0, 0.1) is 23.7 Å². The monoisotopic (exact) mass is 424 g/mol. The highest BCUT2D eigenvalue weighted by Crippen LogP contribution is 2.34. The molecule has 0 aliphatic rings. The maximum Gasteiger partial charge on any atom is 0.101 e. The van der Waals surface area contributed by atoms with Crippen LogP contribution in [0.25, 0.3) is 5.57 Å². The number of nitriles is 1. The van der Waals surface area contributed by atoms with Crippen LogP contribution in [0.5, 0.6) is 0 Å². The number of allylic oxidation sites excluding steroid dienone is 2. The zero-order valence-corrected chi connectivity index (χ0v) is 18.6. The minimum Gasteiger partial charge on any atom is -0.402 e. The summed E-state index contributed by atoms with van der Waals surface area (Å²) < 4.78 is 0. The molecule has 0 saturated heterocycles. The molecule has 2 aromatic rings. The van der Waals surface area contributed by atoms with Crippen LogP contribution in [0.3, 0.4) is 0 Å². The molecule has 4 N–H and O–H groups in total. The number of aliphatic hydroxyl groups is 1. The molecule has 0 fully saturated rings. The minimum absolute atomic E-state index is 0.180. The molecule has 0 aliphatic heterocycles. The molecule has 0 spiro atoms. The van der Waals surface area contributed by atoms with E-state index in [0.717, 1.165) is 53.9 Å². The summed E-state index contributed by atoms with van der Waals surface area (Å²) in [4.78, 5) is 2.17. The number of aryl methyl sites for hydroxylation is 1. The second-order valence-corrected chi connectivity index (χ2v) is 7.80. The first-order valence-electron chi connectivity index (χ1n) is 10.0. The summed E-state index contributed by atoms with van der Waals surface area (Å²) in [5, 5.41) is 26.8. The van der Waals surface area contributed by atoms with E-state index in [4.69, 9.17) is 27.9 Å². The van der Waals surface area contributed by atoms with E-state index in [2.05, 4.69) is 17.0 Å². The molecule has 158 valence electrons. The van der Waals surface area contributed by atoms with Crippen molar-refractivity contribution in [2.75, 3.05) is 18.1 Å². The maximum absolute atomic E-state index is 9.20. The number of aliphatic hydroxyl groups excluding tert-OH is 1. The Morgan fingerprint density at radius 3 is 2.47 bits per heavy atom. The van der Waals surface area contributed by atoms with Gasteiger partial charge in [0.05, 0.1) is 10.6 Å². The number of hydrogen-bond donors (Lipinski definition) is 3. The topological polar surface area (TPSA) is 97.1 Å². The Morgan fingerprint density at radius 2 is 1.90 bits per heavy atom. The summed E-state index contributed by atoms with van der Waals surface area (Å²) in [6.07, 6.45) is 2.56. The standard InChI is InChI=1S/C24H29ClN4O/c1-16-7-8-19(24(17(2)27)18(3)28)13-23(16)29(11-5-4-6-12-30)21-10-9-20(15-26)22(25)14-21/h7-10,13-14,27,30H,4-6,11-12,28H2,1-3H3/b24-18+,27-17?. The van der Waals surface area contributed by atoms with E-state index in [1.165, 1.54) is 0 Å². The lowest BCUT2D eigenvalue weighted by molar-refractivity contribution is 0.283. The molecule has 6 heteroatoms. The van der Waals surface area contributed by atoms with Gasteiger partial charge in [-0.3, -0.25) is 0 Å². The number of rotatable bonds is 9. The molecule has 0 heterocycles. The molecule has 5 nitrogen and oxygen atoms in total. The summed E-state index contributed by atoms with van der Waals surface area (Å²) in [6.45, 7) is 6.50. The van der Waals surface area contributed by atoms with Crippen LogP contribution < -0.4 is 10.6 Å². The van der Waals surface area contributed by atoms with Gasteiger partial charge in [-0.05, 0) is 75.4 Å². The molecule has 2 aromatic carbocycles. The predicted molar refractivity (Wildman–Crippen MR) is 125 cm³/mol. The lowest BCUT2D eigenvalue weighted by Gasteiger charge is -2.28. The van der Waals surface area contributed by atoms with Crippen molar-refractivity contribution in [2.45, 2.75) is 40.0 Å². The van der Waals surface area contributed by atoms with Gasteiger partial charge >= 0.3 is 0 Å². The van der Waals surface area contributed by atoms with Crippen molar-refractivity contribution in [3.05, 3.63) is 63.8 Å². The Kier molecular flexibility index (Phi) is 8.46. The summed E-state index contributed by atoms with van der Waals surface area (Å²) >= 11 is 6.32. The van der Waals surface area contributed by atoms with Crippen LogP contribution in [-0.2, 0) is 0 Å². The van der Waals surface area contributed by atoms with Gasteiger partial charge in [-0.15, -0.1) is 0 Å². The molecule has 0 atom stereocenters. The first-order valence-corrected chi connectivity index (χ1v) is 10.4. The van der Waals surface area contributed by atoms with Crippen LogP contribution in [0.15, 0.2) is 42.1 Å². The first kappa shape index (κ1) is 23.5. The lowest BCUT2D eigenvalue weighted by atomic mass is 9.97. The fourth-order valence-electron chi connectivity index (χ4n) is 3.51. The van der Waals surface area contributed by atoms with Crippen molar-refractivity contribution in [3.63, 3.8) is 0 Å². The highest BCUT2D eigenvalue weighted by Gasteiger charge is 2.16. The molecular weight excluding hydrogens is 396 g/mol. The number of anilines is 2. The van der Waals surface area contributed by atoms with Crippen molar-refractivity contribution in [1.29, 1.82) is 10.7 Å². The summed E-state index contributed by atoms with van der Waals surface area (Å²) in [5.41, 5.74) is 12.1. The molecule has 0 amide bonds. The number of hydrogen-bond acceptors (Lipinski definition) is 5. The van der Waals surface area contributed by atoms with E-state index < -0.39 is 0 Å². The van der Waals surface area contributed by atoms with E-state index in [1.807, 2.05) is 31.2 Å². The number of halogens is 1. The van der Waals surface area contributed by atoms with Crippen molar-refractivity contribution < 1.29 is 5.11 Å². The highest BCUT2D eigenvalue weighted by molar-refractivity contribution is 6.32. The van der Waals surface area contributed by atoms with Gasteiger partial charge in [0, 0.05) is 41.5 Å². The smallest absolute Gasteiger partial charge is 0.101 e. The lowest BCUT2D eigenvalue weighted by Crippen LogP contribution is -2.20. The molecule has 0 radical (unpaired) electrons. The van der Waals surface area contributed by atoms with E-state index in [9.17, 15) is 5.26 Å². The van der Waals surface area contributed by atoms with Crippen molar-refractivity contribution in [1.82, 2.24) is 0 Å². The quantitative estimate of drug-likeness (QED) is 0.363. The minimum atomic E-state index is 0.180. The van der Waals surface area contributed by atoms with Gasteiger partial charge in [0.1, 0.15) is 6.07 Å². The predicted octanol–water partition coefficient (Wildman–Crippen LogP) is 5.55. The zero-order chi connectivity index (χ0) is 22.3. The van der Waals surface area contributed by atoms with Gasteiger partial charge in [0.25, 0.3) is 0 Å². The van der Waals surface area contributed by atoms with Crippen LogP contribution >= 0.6 is 11.6 Å². The molecule has 0 aliphatic carbocycles. The second-order valence-electron chi connectivity index (χ2n) is 7.40. The Hall–Kier alpha value is -2.81.